The third kappa shape index (κ3) is 8.65. The van der Waals surface area contributed by atoms with Crippen molar-refractivity contribution in [1.82, 2.24) is 10.2 Å². The molecule has 0 fully saturated rings. The van der Waals surface area contributed by atoms with Crippen LogP contribution in [-0.2, 0) is 26.0 Å². The Balaban J connectivity index is 2.09. The SMILES string of the molecule is CC(C)NC(=O)[C@@H](C)N(CCc1ccccc1)C(=O)CCCN(c1ccc(Cl)cc1)S(C)(=O)=O. The standard InChI is InChI=1S/C25H34ClN3O4S/c1-19(2)27-25(31)20(3)28(18-16-21-9-6-5-7-10-21)24(30)11-8-17-29(34(4,32)33)23-14-12-22(26)13-15-23/h5-7,9-10,12-15,19-20H,8,11,16-18H2,1-4H3,(H,27,31)/t20-/m1/s1. The lowest BCUT2D eigenvalue weighted by atomic mass is 10.1. The quantitative estimate of drug-likeness (QED) is 0.472. The number of hydrogen-bond donors (Lipinski definition) is 1. The Labute approximate surface area is 208 Å². The summed E-state index contributed by atoms with van der Waals surface area (Å²) >= 11 is 5.92. The van der Waals surface area contributed by atoms with E-state index in [4.69, 9.17) is 11.6 Å². The Morgan fingerprint density at radius 3 is 2.15 bits per heavy atom. The Morgan fingerprint density at radius 1 is 0.971 bits per heavy atom. The summed E-state index contributed by atoms with van der Waals surface area (Å²) in [6.07, 6.45) is 2.18. The minimum atomic E-state index is -3.54. The van der Waals surface area contributed by atoms with Crippen LogP contribution in [0.4, 0.5) is 5.69 Å². The van der Waals surface area contributed by atoms with Crippen molar-refractivity contribution in [3.05, 3.63) is 65.2 Å². The van der Waals surface area contributed by atoms with Crippen LogP contribution in [0.3, 0.4) is 0 Å². The summed E-state index contributed by atoms with van der Waals surface area (Å²) in [6.45, 7) is 6.00. The third-order valence-electron chi connectivity index (χ3n) is 5.35. The molecule has 0 saturated heterocycles. The van der Waals surface area contributed by atoms with E-state index < -0.39 is 16.1 Å². The van der Waals surface area contributed by atoms with Gasteiger partial charge in [-0.3, -0.25) is 13.9 Å². The highest BCUT2D eigenvalue weighted by molar-refractivity contribution is 7.92. The molecule has 2 aromatic rings. The van der Waals surface area contributed by atoms with Crippen LogP contribution >= 0.6 is 11.6 Å². The second kappa shape index (κ2) is 12.8. The van der Waals surface area contributed by atoms with E-state index in [9.17, 15) is 18.0 Å². The van der Waals surface area contributed by atoms with Crippen LogP contribution in [0.15, 0.2) is 54.6 Å². The second-order valence-corrected chi connectivity index (χ2v) is 10.9. The highest BCUT2D eigenvalue weighted by atomic mass is 35.5. The molecular formula is C25H34ClN3O4S. The van der Waals surface area contributed by atoms with Gasteiger partial charge in [0, 0.05) is 30.6 Å². The van der Waals surface area contributed by atoms with Gasteiger partial charge in [0.1, 0.15) is 6.04 Å². The van der Waals surface area contributed by atoms with Gasteiger partial charge in [-0.25, -0.2) is 8.42 Å². The normalized spacial score (nSPS) is 12.3. The molecule has 0 aliphatic carbocycles. The maximum atomic E-state index is 13.2. The number of hydrogen-bond acceptors (Lipinski definition) is 4. The first kappa shape index (κ1) is 27.7. The average Bonchev–Trinajstić information content (AvgIpc) is 2.77. The molecule has 7 nitrogen and oxygen atoms in total. The monoisotopic (exact) mass is 507 g/mol. The summed E-state index contributed by atoms with van der Waals surface area (Å²) in [6, 6.07) is 15.6. The lowest BCUT2D eigenvalue weighted by molar-refractivity contribution is -0.140. The zero-order chi connectivity index (χ0) is 25.3. The van der Waals surface area contributed by atoms with Gasteiger partial charge in [-0.15, -0.1) is 0 Å². The van der Waals surface area contributed by atoms with E-state index in [1.54, 1.807) is 36.1 Å². The first-order valence-electron chi connectivity index (χ1n) is 11.4. The predicted molar refractivity (Wildman–Crippen MR) is 137 cm³/mol. The van der Waals surface area contributed by atoms with Gasteiger partial charge in [-0.1, -0.05) is 41.9 Å². The molecule has 0 unspecified atom stereocenters. The minimum Gasteiger partial charge on any atom is -0.352 e. The van der Waals surface area contributed by atoms with Gasteiger partial charge in [-0.2, -0.15) is 0 Å². The Bertz CT molecular complexity index is 1040. The molecule has 1 atom stereocenters. The Kier molecular flexibility index (Phi) is 10.4. The van der Waals surface area contributed by atoms with Gasteiger partial charge < -0.3 is 10.2 Å². The van der Waals surface area contributed by atoms with Crippen molar-refractivity contribution >= 4 is 39.1 Å². The van der Waals surface area contributed by atoms with Crippen molar-refractivity contribution in [2.45, 2.75) is 52.1 Å². The molecule has 0 bridgehead atoms. The van der Waals surface area contributed by atoms with Crippen molar-refractivity contribution < 1.29 is 18.0 Å². The molecule has 2 rings (SSSR count). The molecule has 2 amide bonds. The first-order chi connectivity index (χ1) is 16.0. The molecule has 0 aliphatic heterocycles. The number of carbonyl (C=O) groups is 2. The number of amides is 2. The number of nitrogens with zero attached hydrogens (tertiary/aromatic N) is 2. The van der Waals surface area contributed by atoms with Crippen molar-refractivity contribution in [3.63, 3.8) is 0 Å². The molecule has 2 aromatic carbocycles. The van der Waals surface area contributed by atoms with Gasteiger partial charge in [0.25, 0.3) is 0 Å². The molecule has 34 heavy (non-hydrogen) atoms. The third-order valence-corrected chi connectivity index (χ3v) is 6.80. The smallest absolute Gasteiger partial charge is 0.242 e. The Hall–Kier alpha value is -2.58. The Morgan fingerprint density at radius 2 is 1.59 bits per heavy atom. The number of anilines is 1. The van der Waals surface area contributed by atoms with E-state index in [0.717, 1.165) is 11.8 Å². The number of benzene rings is 2. The zero-order valence-corrected chi connectivity index (χ0v) is 21.8. The molecule has 1 N–H and O–H groups in total. The molecule has 0 aromatic heterocycles. The van der Waals surface area contributed by atoms with E-state index in [2.05, 4.69) is 5.32 Å². The van der Waals surface area contributed by atoms with Crippen LogP contribution in [0.25, 0.3) is 0 Å². The van der Waals surface area contributed by atoms with E-state index in [-0.39, 0.29) is 30.8 Å². The van der Waals surface area contributed by atoms with Crippen molar-refractivity contribution in [3.8, 4) is 0 Å². The van der Waals surface area contributed by atoms with Gasteiger partial charge in [0.15, 0.2) is 0 Å². The number of carbonyl (C=O) groups excluding carboxylic acids is 2. The lowest BCUT2D eigenvalue weighted by Gasteiger charge is -2.30. The largest absolute Gasteiger partial charge is 0.352 e. The minimum absolute atomic E-state index is 0.0382. The highest BCUT2D eigenvalue weighted by Gasteiger charge is 2.26. The molecule has 0 spiro atoms. The van der Waals surface area contributed by atoms with Gasteiger partial charge >= 0.3 is 0 Å². The summed E-state index contributed by atoms with van der Waals surface area (Å²) in [7, 11) is -3.54. The fourth-order valence-electron chi connectivity index (χ4n) is 3.59. The second-order valence-electron chi connectivity index (χ2n) is 8.58. The van der Waals surface area contributed by atoms with Crippen LogP contribution in [0.5, 0.6) is 0 Å². The zero-order valence-electron chi connectivity index (χ0n) is 20.2. The van der Waals surface area contributed by atoms with Gasteiger partial charge in [-0.05, 0) is 63.4 Å². The van der Waals surface area contributed by atoms with E-state index in [1.165, 1.54) is 4.31 Å². The van der Waals surface area contributed by atoms with E-state index in [0.29, 0.717) is 30.1 Å². The predicted octanol–water partition coefficient (Wildman–Crippen LogP) is 3.87. The van der Waals surface area contributed by atoms with Crippen molar-refractivity contribution in [2.75, 3.05) is 23.7 Å². The summed E-state index contributed by atoms with van der Waals surface area (Å²) < 4.78 is 25.9. The fourth-order valence-corrected chi connectivity index (χ4v) is 4.68. The van der Waals surface area contributed by atoms with Crippen molar-refractivity contribution in [1.29, 1.82) is 0 Å². The number of nitrogens with one attached hydrogen (secondary N) is 1. The molecule has 9 heteroatoms. The van der Waals surface area contributed by atoms with E-state index >= 15 is 0 Å². The van der Waals surface area contributed by atoms with Crippen LogP contribution in [0.1, 0.15) is 39.2 Å². The molecular weight excluding hydrogens is 474 g/mol. The molecule has 0 aliphatic rings. The summed E-state index contributed by atoms with van der Waals surface area (Å²) in [5.74, 6) is -0.401. The van der Waals surface area contributed by atoms with Gasteiger partial charge in [0.05, 0.1) is 11.9 Å². The fraction of sp³-hybridized carbons (Fsp3) is 0.440. The maximum absolute atomic E-state index is 13.2. The number of halogens is 1. The molecule has 0 heterocycles. The summed E-state index contributed by atoms with van der Waals surface area (Å²) in [5.41, 5.74) is 1.56. The molecule has 0 radical (unpaired) electrons. The highest BCUT2D eigenvalue weighted by Crippen LogP contribution is 2.21. The average molecular weight is 508 g/mol. The van der Waals surface area contributed by atoms with Crippen LogP contribution < -0.4 is 9.62 Å². The van der Waals surface area contributed by atoms with Crippen LogP contribution in [0, 0.1) is 0 Å². The first-order valence-corrected chi connectivity index (χ1v) is 13.6. The number of rotatable bonds is 12. The topological polar surface area (TPSA) is 86.8 Å². The van der Waals surface area contributed by atoms with Gasteiger partial charge in [0.2, 0.25) is 21.8 Å². The summed E-state index contributed by atoms with van der Waals surface area (Å²) in [4.78, 5) is 27.4. The maximum Gasteiger partial charge on any atom is 0.242 e. The van der Waals surface area contributed by atoms with Crippen molar-refractivity contribution in [2.24, 2.45) is 0 Å². The lowest BCUT2D eigenvalue weighted by Crippen LogP contribution is -2.50. The summed E-state index contributed by atoms with van der Waals surface area (Å²) in [5, 5.41) is 3.37. The number of sulfonamides is 1. The van der Waals surface area contributed by atoms with E-state index in [1.807, 2.05) is 44.2 Å². The molecule has 186 valence electrons. The molecule has 0 saturated carbocycles. The van der Waals surface area contributed by atoms with Crippen LogP contribution in [-0.4, -0.2) is 56.6 Å². The van der Waals surface area contributed by atoms with Crippen LogP contribution in [0.2, 0.25) is 5.02 Å².